The van der Waals surface area contributed by atoms with Gasteiger partial charge in [0, 0.05) is 38.3 Å². The van der Waals surface area contributed by atoms with E-state index in [1.165, 1.54) is 6.07 Å². The monoisotopic (exact) mass is 274 g/mol. The van der Waals surface area contributed by atoms with Crippen molar-refractivity contribution < 1.29 is 8.81 Å². The zero-order chi connectivity index (χ0) is 13.8. The summed E-state index contributed by atoms with van der Waals surface area (Å²) in [5, 5.41) is 0. The van der Waals surface area contributed by atoms with Gasteiger partial charge in [-0.3, -0.25) is 9.80 Å². The Morgan fingerprint density at radius 1 is 0.900 bits per heavy atom. The van der Waals surface area contributed by atoms with Crippen molar-refractivity contribution >= 4 is 0 Å². The van der Waals surface area contributed by atoms with Gasteiger partial charge in [-0.25, -0.2) is 4.39 Å². The van der Waals surface area contributed by atoms with Crippen molar-refractivity contribution in [3.05, 3.63) is 59.8 Å². The van der Waals surface area contributed by atoms with Gasteiger partial charge in [0.05, 0.1) is 12.8 Å². The standard InChI is InChI=1S/C16H19FN2O/c17-16-6-2-1-4-14(16)12-18-7-9-19(10-8-18)13-15-5-3-11-20-15/h1-6,11H,7-10,12-13H2. The molecule has 0 bridgehead atoms. The van der Waals surface area contributed by atoms with E-state index >= 15 is 0 Å². The van der Waals surface area contributed by atoms with Crippen LogP contribution in [0.5, 0.6) is 0 Å². The third-order valence-corrected chi connectivity index (χ3v) is 3.78. The van der Waals surface area contributed by atoms with Gasteiger partial charge in [0.15, 0.2) is 0 Å². The minimum Gasteiger partial charge on any atom is -0.468 e. The lowest BCUT2D eigenvalue weighted by atomic mass is 10.2. The first-order chi connectivity index (χ1) is 9.81. The molecule has 3 rings (SSSR count). The molecule has 0 aliphatic carbocycles. The number of nitrogens with zero attached hydrogens (tertiary/aromatic N) is 2. The molecule has 2 heterocycles. The van der Waals surface area contributed by atoms with Gasteiger partial charge in [-0.2, -0.15) is 0 Å². The summed E-state index contributed by atoms with van der Waals surface area (Å²) < 4.78 is 19.0. The summed E-state index contributed by atoms with van der Waals surface area (Å²) in [5.74, 6) is 0.901. The Morgan fingerprint density at radius 3 is 2.25 bits per heavy atom. The molecule has 0 spiro atoms. The van der Waals surface area contributed by atoms with Crippen molar-refractivity contribution in [2.75, 3.05) is 26.2 Å². The van der Waals surface area contributed by atoms with Gasteiger partial charge in [0.25, 0.3) is 0 Å². The fourth-order valence-corrected chi connectivity index (χ4v) is 2.60. The molecule has 1 fully saturated rings. The molecule has 1 aliphatic rings. The van der Waals surface area contributed by atoms with Crippen molar-refractivity contribution in [1.82, 2.24) is 9.80 Å². The van der Waals surface area contributed by atoms with Crippen molar-refractivity contribution in [3.8, 4) is 0 Å². The Bertz CT molecular complexity index is 533. The Kier molecular flexibility index (Phi) is 4.14. The van der Waals surface area contributed by atoms with Crippen LogP contribution in [0.25, 0.3) is 0 Å². The number of piperazine rings is 1. The maximum atomic E-state index is 13.6. The van der Waals surface area contributed by atoms with E-state index in [2.05, 4.69) is 9.80 Å². The number of rotatable bonds is 4. The highest BCUT2D eigenvalue weighted by Crippen LogP contribution is 2.13. The molecule has 20 heavy (non-hydrogen) atoms. The fourth-order valence-electron chi connectivity index (χ4n) is 2.60. The lowest BCUT2D eigenvalue weighted by molar-refractivity contribution is 0.115. The first-order valence-corrected chi connectivity index (χ1v) is 7.02. The second-order valence-corrected chi connectivity index (χ2v) is 5.22. The summed E-state index contributed by atoms with van der Waals surface area (Å²) in [5.41, 5.74) is 0.784. The largest absolute Gasteiger partial charge is 0.468 e. The van der Waals surface area contributed by atoms with Gasteiger partial charge in [-0.1, -0.05) is 18.2 Å². The summed E-state index contributed by atoms with van der Waals surface area (Å²) in [4.78, 5) is 4.67. The Morgan fingerprint density at radius 2 is 1.60 bits per heavy atom. The van der Waals surface area contributed by atoms with Crippen LogP contribution in [0.4, 0.5) is 4.39 Å². The Balaban J connectivity index is 1.50. The highest BCUT2D eigenvalue weighted by Gasteiger charge is 2.18. The molecule has 0 N–H and O–H groups in total. The van der Waals surface area contributed by atoms with E-state index in [1.807, 2.05) is 24.3 Å². The van der Waals surface area contributed by atoms with Crippen molar-refractivity contribution in [2.45, 2.75) is 13.1 Å². The van der Waals surface area contributed by atoms with Crippen LogP contribution in [0.3, 0.4) is 0 Å². The average Bonchev–Trinajstić information content (AvgIpc) is 2.96. The van der Waals surface area contributed by atoms with Gasteiger partial charge in [0.2, 0.25) is 0 Å². The number of benzene rings is 1. The molecule has 3 nitrogen and oxygen atoms in total. The van der Waals surface area contributed by atoms with Gasteiger partial charge in [-0.15, -0.1) is 0 Å². The Labute approximate surface area is 118 Å². The van der Waals surface area contributed by atoms with E-state index < -0.39 is 0 Å². The van der Waals surface area contributed by atoms with Gasteiger partial charge >= 0.3 is 0 Å². The van der Waals surface area contributed by atoms with Crippen molar-refractivity contribution in [1.29, 1.82) is 0 Å². The van der Waals surface area contributed by atoms with Crippen LogP contribution in [0.1, 0.15) is 11.3 Å². The first-order valence-electron chi connectivity index (χ1n) is 7.02. The average molecular weight is 274 g/mol. The van der Waals surface area contributed by atoms with Crippen LogP contribution < -0.4 is 0 Å². The molecule has 1 aromatic heterocycles. The molecule has 106 valence electrons. The summed E-state index contributed by atoms with van der Waals surface area (Å²) in [7, 11) is 0. The smallest absolute Gasteiger partial charge is 0.127 e. The summed E-state index contributed by atoms with van der Waals surface area (Å²) >= 11 is 0. The van der Waals surface area contributed by atoms with E-state index in [9.17, 15) is 4.39 Å². The summed E-state index contributed by atoms with van der Waals surface area (Å²) in [6.07, 6.45) is 1.71. The third kappa shape index (κ3) is 3.26. The fraction of sp³-hybridized carbons (Fsp3) is 0.375. The van der Waals surface area contributed by atoms with E-state index in [0.717, 1.165) is 44.0 Å². The predicted octanol–water partition coefficient (Wildman–Crippen LogP) is 2.74. The van der Waals surface area contributed by atoms with Crippen LogP contribution in [0.2, 0.25) is 0 Å². The molecular formula is C16H19FN2O. The molecule has 1 aromatic carbocycles. The van der Waals surface area contributed by atoms with Crippen LogP contribution in [0.15, 0.2) is 47.1 Å². The zero-order valence-electron chi connectivity index (χ0n) is 11.5. The molecule has 2 aromatic rings. The van der Waals surface area contributed by atoms with Crippen molar-refractivity contribution in [2.24, 2.45) is 0 Å². The van der Waals surface area contributed by atoms with E-state index in [-0.39, 0.29) is 5.82 Å². The number of furan rings is 1. The Hall–Kier alpha value is -1.65. The van der Waals surface area contributed by atoms with Gasteiger partial charge < -0.3 is 4.42 Å². The maximum Gasteiger partial charge on any atom is 0.127 e. The van der Waals surface area contributed by atoms with Gasteiger partial charge in [0.1, 0.15) is 11.6 Å². The molecule has 0 amide bonds. The molecular weight excluding hydrogens is 255 g/mol. The molecule has 0 radical (unpaired) electrons. The lowest BCUT2D eigenvalue weighted by Gasteiger charge is -2.34. The molecule has 4 heteroatoms. The highest BCUT2D eigenvalue weighted by atomic mass is 19.1. The minimum absolute atomic E-state index is 0.106. The van der Waals surface area contributed by atoms with Crippen LogP contribution >= 0.6 is 0 Å². The number of hydrogen-bond acceptors (Lipinski definition) is 3. The summed E-state index contributed by atoms with van der Waals surface area (Å²) in [6, 6.07) is 11.0. The van der Waals surface area contributed by atoms with E-state index in [1.54, 1.807) is 12.3 Å². The van der Waals surface area contributed by atoms with Crippen LogP contribution in [0, 0.1) is 5.82 Å². The van der Waals surface area contributed by atoms with E-state index in [4.69, 9.17) is 4.42 Å². The van der Waals surface area contributed by atoms with Crippen molar-refractivity contribution in [3.63, 3.8) is 0 Å². The number of hydrogen-bond donors (Lipinski definition) is 0. The quantitative estimate of drug-likeness (QED) is 0.854. The van der Waals surface area contributed by atoms with E-state index in [0.29, 0.717) is 6.54 Å². The molecule has 0 saturated carbocycles. The van der Waals surface area contributed by atoms with Crippen LogP contribution in [-0.4, -0.2) is 36.0 Å². The predicted molar refractivity (Wildman–Crippen MR) is 75.7 cm³/mol. The highest BCUT2D eigenvalue weighted by molar-refractivity contribution is 5.17. The second kappa shape index (κ2) is 6.20. The molecule has 1 saturated heterocycles. The molecule has 0 atom stereocenters. The number of halogens is 1. The lowest BCUT2D eigenvalue weighted by Crippen LogP contribution is -2.45. The third-order valence-electron chi connectivity index (χ3n) is 3.78. The molecule has 1 aliphatic heterocycles. The second-order valence-electron chi connectivity index (χ2n) is 5.22. The first kappa shape index (κ1) is 13.3. The topological polar surface area (TPSA) is 19.6 Å². The summed E-state index contributed by atoms with van der Waals surface area (Å²) in [6.45, 7) is 5.48. The normalized spacial score (nSPS) is 17.4. The molecule has 0 unspecified atom stereocenters. The SMILES string of the molecule is Fc1ccccc1CN1CCN(Cc2ccco2)CC1. The van der Waals surface area contributed by atoms with Crippen LogP contribution in [-0.2, 0) is 13.1 Å². The minimum atomic E-state index is -0.106. The van der Waals surface area contributed by atoms with Gasteiger partial charge in [-0.05, 0) is 18.2 Å². The maximum absolute atomic E-state index is 13.6. The zero-order valence-corrected chi connectivity index (χ0v) is 11.5.